The van der Waals surface area contributed by atoms with Crippen molar-refractivity contribution in [3.63, 3.8) is 0 Å². The summed E-state index contributed by atoms with van der Waals surface area (Å²) in [7, 11) is 0. The summed E-state index contributed by atoms with van der Waals surface area (Å²) in [6.45, 7) is 0. The van der Waals surface area contributed by atoms with Gasteiger partial charge in [-0.15, -0.1) is 0 Å². The molecule has 0 saturated heterocycles. The van der Waals surface area contributed by atoms with Crippen LogP contribution in [0.2, 0.25) is 0 Å². The van der Waals surface area contributed by atoms with Crippen LogP contribution < -0.4 is 0 Å². The molecule has 0 fully saturated rings. The van der Waals surface area contributed by atoms with E-state index in [9.17, 15) is 13.6 Å². The predicted molar refractivity (Wildman–Crippen MR) is 66.9 cm³/mol. The zero-order valence-electron chi connectivity index (χ0n) is 10.0. The Balaban J connectivity index is 2.40. The third-order valence-corrected chi connectivity index (χ3v) is 2.90. The average Bonchev–Trinajstić information content (AvgIpc) is 2.37. The lowest BCUT2D eigenvalue weighted by Gasteiger charge is -2.16. The summed E-state index contributed by atoms with van der Waals surface area (Å²) >= 11 is 0. The monoisotopic (exact) mass is 262 g/mol. The molecule has 0 radical (unpaired) electrons. The van der Waals surface area contributed by atoms with Crippen LogP contribution in [-0.4, -0.2) is 11.1 Å². The minimum Gasteiger partial charge on any atom is -0.481 e. The molecule has 1 unspecified atom stereocenters. The number of aliphatic carboxylic acids is 1. The lowest BCUT2D eigenvalue weighted by atomic mass is 9.88. The lowest BCUT2D eigenvalue weighted by Crippen LogP contribution is -2.08. The van der Waals surface area contributed by atoms with E-state index < -0.39 is 23.5 Å². The molecular formula is C15H12F2O2. The van der Waals surface area contributed by atoms with Crippen molar-refractivity contribution in [2.75, 3.05) is 0 Å². The van der Waals surface area contributed by atoms with Crippen molar-refractivity contribution in [3.8, 4) is 0 Å². The minimum atomic E-state index is -0.987. The number of carboxylic acid groups (broad SMARTS) is 1. The van der Waals surface area contributed by atoms with Gasteiger partial charge in [0.05, 0.1) is 6.42 Å². The summed E-state index contributed by atoms with van der Waals surface area (Å²) in [5.74, 6) is -2.29. The van der Waals surface area contributed by atoms with Gasteiger partial charge in [0.1, 0.15) is 11.6 Å². The zero-order chi connectivity index (χ0) is 13.8. The van der Waals surface area contributed by atoms with Crippen LogP contribution in [0, 0.1) is 11.6 Å². The first-order valence-electron chi connectivity index (χ1n) is 5.79. The van der Waals surface area contributed by atoms with Gasteiger partial charge in [-0.3, -0.25) is 4.79 Å². The van der Waals surface area contributed by atoms with Crippen molar-refractivity contribution < 1.29 is 18.7 Å². The Kier molecular flexibility index (Phi) is 3.90. The van der Waals surface area contributed by atoms with Crippen LogP contribution in [0.25, 0.3) is 0 Å². The van der Waals surface area contributed by atoms with E-state index in [-0.39, 0.29) is 6.42 Å². The van der Waals surface area contributed by atoms with E-state index in [1.807, 2.05) is 0 Å². The molecule has 4 heteroatoms. The van der Waals surface area contributed by atoms with Crippen LogP contribution in [0.3, 0.4) is 0 Å². The molecule has 2 aromatic carbocycles. The summed E-state index contributed by atoms with van der Waals surface area (Å²) in [5, 5.41) is 8.96. The molecule has 2 rings (SSSR count). The second-order valence-corrected chi connectivity index (χ2v) is 4.26. The molecular weight excluding hydrogens is 250 g/mol. The Hall–Kier alpha value is -2.23. The van der Waals surface area contributed by atoms with E-state index in [1.165, 1.54) is 42.5 Å². The standard InChI is InChI=1S/C15H12F2O2/c16-12-6-4-10(5-7-12)14(9-15(18)19)11-2-1-3-13(17)8-11/h1-8,14H,9H2,(H,18,19). The number of rotatable bonds is 4. The molecule has 0 amide bonds. The highest BCUT2D eigenvalue weighted by atomic mass is 19.1. The molecule has 0 aromatic heterocycles. The number of hydrogen-bond donors (Lipinski definition) is 1. The van der Waals surface area contributed by atoms with Crippen LogP contribution in [-0.2, 0) is 4.79 Å². The smallest absolute Gasteiger partial charge is 0.304 e. The van der Waals surface area contributed by atoms with Crippen LogP contribution in [0.4, 0.5) is 8.78 Å². The molecule has 0 heterocycles. The average molecular weight is 262 g/mol. The summed E-state index contributed by atoms with van der Waals surface area (Å²) in [6.07, 6.45) is -0.172. The molecule has 1 N–H and O–H groups in total. The van der Waals surface area contributed by atoms with E-state index in [0.29, 0.717) is 11.1 Å². The summed E-state index contributed by atoms with van der Waals surface area (Å²) in [4.78, 5) is 10.9. The molecule has 2 nitrogen and oxygen atoms in total. The largest absolute Gasteiger partial charge is 0.481 e. The van der Waals surface area contributed by atoms with Crippen molar-refractivity contribution in [3.05, 3.63) is 71.3 Å². The van der Waals surface area contributed by atoms with E-state index in [4.69, 9.17) is 5.11 Å². The predicted octanol–water partition coefficient (Wildman–Crippen LogP) is 3.57. The highest BCUT2D eigenvalue weighted by Crippen LogP contribution is 2.28. The number of hydrogen-bond acceptors (Lipinski definition) is 1. The van der Waals surface area contributed by atoms with Gasteiger partial charge in [0.15, 0.2) is 0 Å². The number of carbonyl (C=O) groups is 1. The third kappa shape index (κ3) is 3.37. The van der Waals surface area contributed by atoms with Gasteiger partial charge < -0.3 is 5.11 Å². The van der Waals surface area contributed by atoms with Gasteiger partial charge in [0.25, 0.3) is 0 Å². The molecule has 19 heavy (non-hydrogen) atoms. The SMILES string of the molecule is O=C(O)CC(c1ccc(F)cc1)c1cccc(F)c1. The second-order valence-electron chi connectivity index (χ2n) is 4.26. The van der Waals surface area contributed by atoms with Gasteiger partial charge in [-0.05, 0) is 35.4 Å². The Morgan fingerprint density at radius 2 is 1.68 bits per heavy atom. The summed E-state index contributed by atoms with van der Waals surface area (Å²) < 4.78 is 26.1. The molecule has 0 aliphatic heterocycles. The fourth-order valence-corrected chi connectivity index (χ4v) is 2.02. The topological polar surface area (TPSA) is 37.3 Å². The molecule has 1 atom stereocenters. The number of carboxylic acids is 1. The van der Waals surface area contributed by atoms with E-state index in [1.54, 1.807) is 6.07 Å². The fraction of sp³-hybridized carbons (Fsp3) is 0.133. The maximum Gasteiger partial charge on any atom is 0.304 e. The molecule has 0 aliphatic carbocycles. The highest BCUT2D eigenvalue weighted by molar-refractivity contribution is 5.69. The van der Waals surface area contributed by atoms with Crippen molar-refractivity contribution in [2.45, 2.75) is 12.3 Å². The first-order valence-corrected chi connectivity index (χ1v) is 5.79. The quantitative estimate of drug-likeness (QED) is 0.914. The Morgan fingerprint density at radius 3 is 2.26 bits per heavy atom. The zero-order valence-corrected chi connectivity index (χ0v) is 10.0. The molecule has 0 saturated carbocycles. The van der Waals surface area contributed by atoms with E-state index in [2.05, 4.69) is 0 Å². The second kappa shape index (κ2) is 5.61. The fourth-order valence-electron chi connectivity index (χ4n) is 2.02. The van der Waals surface area contributed by atoms with Gasteiger partial charge in [0, 0.05) is 5.92 Å². The van der Waals surface area contributed by atoms with E-state index >= 15 is 0 Å². The Morgan fingerprint density at radius 1 is 1.00 bits per heavy atom. The van der Waals surface area contributed by atoms with Gasteiger partial charge in [-0.1, -0.05) is 24.3 Å². The van der Waals surface area contributed by atoms with Crippen LogP contribution in [0.15, 0.2) is 48.5 Å². The van der Waals surface area contributed by atoms with E-state index in [0.717, 1.165) is 0 Å². The highest BCUT2D eigenvalue weighted by Gasteiger charge is 2.18. The molecule has 0 aliphatic rings. The molecule has 2 aromatic rings. The van der Waals surface area contributed by atoms with Gasteiger partial charge in [-0.25, -0.2) is 8.78 Å². The summed E-state index contributed by atoms with van der Waals surface area (Å²) in [5.41, 5.74) is 1.21. The van der Waals surface area contributed by atoms with Crippen molar-refractivity contribution in [1.82, 2.24) is 0 Å². The van der Waals surface area contributed by atoms with Gasteiger partial charge in [-0.2, -0.15) is 0 Å². The summed E-state index contributed by atoms with van der Waals surface area (Å²) in [6, 6.07) is 11.4. The molecule has 0 bridgehead atoms. The maximum atomic E-state index is 13.2. The first-order chi connectivity index (χ1) is 9.06. The van der Waals surface area contributed by atoms with Gasteiger partial charge >= 0.3 is 5.97 Å². The van der Waals surface area contributed by atoms with Crippen LogP contribution in [0.1, 0.15) is 23.5 Å². The van der Waals surface area contributed by atoms with Crippen molar-refractivity contribution >= 4 is 5.97 Å². The van der Waals surface area contributed by atoms with Crippen molar-refractivity contribution in [2.24, 2.45) is 0 Å². The normalized spacial score (nSPS) is 12.1. The lowest BCUT2D eigenvalue weighted by molar-refractivity contribution is -0.137. The first kappa shape index (κ1) is 13.2. The van der Waals surface area contributed by atoms with Gasteiger partial charge in [0.2, 0.25) is 0 Å². The Labute approximate surface area is 109 Å². The molecule has 0 spiro atoms. The van der Waals surface area contributed by atoms with Crippen molar-refractivity contribution in [1.29, 1.82) is 0 Å². The number of halogens is 2. The number of benzene rings is 2. The maximum absolute atomic E-state index is 13.2. The third-order valence-electron chi connectivity index (χ3n) is 2.90. The van der Waals surface area contributed by atoms with Crippen LogP contribution in [0.5, 0.6) is 0 Å². The van der Waals surface area contributed by atoms with Crippen LogP contribution >= 0.6 is 0 Å². The minimum absolute atomic E-state index is 0.172. The Bertz CT molecular complexity index is 579. The molecule has 98 valence electrons.